The number of hydrogen-bond acceptors (Lipinski definition) is 4. The van der Waals surface area contributed by atoms with Crippen LogP contribution in [0.1, 0.15) is 25.0 Å². The smallest absolute Gasteiger partial charge is 0.327 e. The number of benzene rings is 1. The highest BCUT2D eigenvalue weighted by atomic mass is 32.2. The van der Waals surface area contributed by atoms with E-state index in [9.17, 15) is 13.2 Å². The van der Waals surface area contributed by atoms with Gasteiger partial charge in [0.05, 0.1) is 18.0 Å². The minimum Gasteiger partial charge on any atom is -0.462 e. The zero-order chi connectivity index (χ0) is 15.5. The standard InChI is InChI=1S/C14H21NO4S/c1-10(2)19-14(16)9-15(20(5,17)18)13-7-6-11(3)12(4)8-13/h6-8,10H,9H2,1-5H3. The molecule has 1 aromatic carbocycles. The molecule has 0 radical (unpaired) electrons. The molecule has 0 N–H and O–H groups in total. The van der Waals surface area contributed by atoms with Crippen LogP contribution in [0.2, 0.25) is 0 Å². The lowest BCUT2D eigenvalue weighted by molar-refractivity contribution is -0.145. The number of carbonyl (C=O) groups is 1. The third-order valence-corrected chi connectivity index (χ3v) is 3.96. The van der Waals surface area contributed by atoms with Crippen molar-refractivity contribution in [2.24, 2.45) is 0 Å². The molecule has 0 unspecified atom stereocenters. The number of esters is 1. The van der Waals surface area contributed by atoms with Crippen molar-refractivity contribution in [2.45, 2.75) is 33.8 Å². The van der Waals surface area contributed by atoms with Crippen molar-refractivity contribution in [1.29, 1.82) is 0 Å². The summed E-state index contributed by atoms with van der Waals surface area (Å²) < 4.78 is 29.8. The minimum atomic E-state index is -3.55. The lowest BCUT2D eigenvalue weighted by Gasteiger charge is -2.22. The largest absolute Gasteiger partial charge is 0.462 e. The molecule has 0 heterocycles. The Morgan fingerprint density at radius 1 is 1.25 bits per heavy atom. The van der Waals surface area contributed by atoms with Gasteiger partial charge >= 0.3 is 5.97 Å². The number of anilines is 1. The second kappa shape index (κ2) is 6.26. The molecule has 112 valence electrons. The first kappa shape index (κ1) is 16.5. The van der Waals surface area contributed by atoms with Crippen molar-refractivity contribution in [3.63, 3.8) is 0 Å². The van der Waals surface area contributed by atoms with Gasteiger partial charge in [-0.25, -0.2) is 8.42 Å². The molecular formula is C14H21NO4S. The third kappa shape index (κ3) is 4.52. The molecule has 20 heavy (non-hydrogen) atoms. The summed E-state index contributed by atoms with van der Waals surface area (Å²) in [6, 6.07) is 5.27. The summed E-state index contributed by atoms with van der Waals surface area (Å²) in [6.07, 6.45) is 0.800. The number of carbonyl (C=O) groups excluding carboxylic acids is 1. The zero-order valence-corrected chi connectivity index (χ0v) is 13.3. The topological polar surface area (TPSA) is 63.7 Å². The fraction of sp³-hybridized carbons (Fsp3) is 0.500. The van der Waals surface area contributed by atoms with Crippen molar-refractivity contribution in [3.8, 4) is 0 Å². The molecule has 0 saturated carbocycles. The van der Waals surface area contributed by atoms with E-state index in [2.05, 4.69) is 0 Å². The number of aryl methyl sites for hydroxylation is 2. The van der Waals surface area contributed by atoms with E-state index in [0.29, 0.717) is 5.69 Å². The van der Waals surface area contributed by atoms with E-state index in [1.807, 2.05) is 19.9 Å². The van der Waals surface area contributed by atoms with Gasteiger partial charge in [-0.05, 0) is 51.0 Å². The van der Waals surface area contributed by atoms with E-state index in [-0.39, 0.29) is 12.6 Å². The van der Waals surface area contributed by atoms with Crippen LogP contribution in [0.3, 0.4) is 0 Å². The van der Waals surface area contributed by atoms with Crippen molar-refractivity contribution in [2.75, 3.05) is 17.1 Å². The minimum absolute atomic E-state index is 0.274. The van der Waals surface area contributed by atoms with Gasteiger partial charge in [-0.2, -0.15) is 0 Å². The molecule has 0 aliphatic heterocycles. The number of hydrogen-bond donors (Lipinski definition) is 0. The molecule has 1 rings (SSSR count). The fourth-order valence-corrected chi connectivity index (χ4v) is 2.53. The van der Waals surface area contributed by atoms with Crippen LogP contribution in [0, 0.1) is 13.8 Å². The van der Waals surface area contributed by atoms with Crippen molar-refractivity contribution in [1.82, 2.24) is 0 Å². The number of rotatable bonds is 5. The Hall–Kier alpha value is -1.56. The van der Waals surface area contributed by atoms with Crippen LogP contribution in [-0.2, 0) is 19.6 Å². The van der Waals surface area contributed by atoms with Crippen LogP contribution in [0.4, 0.5) is 5.69 Å². The average molecular weight is 299 g/mol. The SMILES string of the molecule is Cc1ccc(N(CC(=O)OC(C)C)S(C)(=O)=O)cc1C. The van der Waals surface area contributed by atoms with Crippen LogP contribution < -0.4 is 4.31 Å². The van der Waals surface area contributed by atoms with Crippen LogP contribution >= 0.6 is 0 Å². The van der Waals surface area contributed by atoms with Crippen LogP contribution in [0.5, 0.6) is 0 Å². The van der Waals surface area contributed by atoms with Gasteiger partial charge < -0.3 is 4.74 Å². The van der Waals surface area contributed by atoms with Gasteiger partial charge in [-0.15, -0.1) is 0 Å². The molecule has 6 heteroatoms. The van der Waals surface area contributed by atoms with Gasteiger partial charge in [0.25, 0.3) is 0 Å². The van der Waals surface area contributed by atoms with Crippen molar-refractivity contribution in [3.05, 3.63) is 29.3 Å². The van der Waals surface area contributed by atoms with E-state index in [1.165, 1.54) is 0 Å². The maximum absolute atomic E-state index is 11.9. The normalized spacial score (nSPS) is 11.5. The van der Waals surface area contributed by atoms with Crippen LogP contribution in [-0.4, -0.2) is 33.3 Å². The highest BCUT2D eigenvalue weighted by molar-refractivity contribution is 7.92. The average Bonchev–Trinajstić information content (AvgIpc) is 2.27. The molecule has 5 nitrogen and oxygen atoms in total. The third-order valence-electron chi connectivity index (χ3n) is 2.82. The summed E-state index contributed by atoms with van der Waals surface area (Å²) in [4.78, 5) is 11.7. The first-order chi connectivity index (χ1) is 9.11. The summed E-state index contributed by atoms with van der Waals surface area (Å²) in [6.45, 7) is 6.96. The molecule has 0 saturated heterocycles. The highest BCUT2D eigenvalue weighted by Gasteiger charge is 2.22. The van der Waals surface area contributed by atoms with E-state index in [4.69, 9.17) is 4.74 Å². The zero-order valence-electron chi connectivity index (χ0n) is 12.5. The van der Waals surface area contributed by atoms with Gasteiger partial charge in [0.15, 0.2) is 0 Å². The Morgan fingerprint density at radius 2 is 1.85 bits per heavy atom. The number of ether oxygens (including phenoxy) is 1. The molecule has 1 aromatic rings. The first-order valence-electron chi connectivity index (χ1n) is 6.35. The second-order valence-corrected chi connectivity index (χ2v) is 6.98. The monoisotopic (exact) mass is 299 g/mol. The van der Waals surface area contributed by atoms with Gasteiger partial charge in [0.2, 0.25) is 10.0 Å². The van der Waals surface area contributed by atoms with Crippen LogP contribution in [0.25, 0.3) is 0 Å². The van der Waals surface area contributed by atoms with E-state index in [1.54, 1.807) is 26.0 Å². The predicted octanol–water partition coefficient (Wildman–Crippen LogP) is 2.02. The summed E-state index contributed by atoms with van der Waals surface area (Å²) >= 11 is 0. The van der Waals surface area contributed by atoms with E-state index in [0.717, 1.165) is 21.7 Å². The quantitative estimate of drug-likeness (QED) is 0.780. The molecule has 0 aliphatic rings. The van der Waals surface area contributed by atoms with E-state index < -0.39 is 16.0 Å². The molecule has 0 aliphatic carbocycles. The Balaban J connectivity index is 3.08. The Bertz CT molecular complexity index is 593. The summed E-state index contributed by atoms with van der Waals surface area (Å²) in [5, 5.41) is 0. The maximum atomic E-state index is 11.9. The van der Waals surface area contributed by atoms with Gasteiger partial charge in [-0.3, -0.25) is 9.10 Å². The molecule has 0 amide bonds. The lowest BCUT2D eigenvalue weighted by Crippen LogP contribution is -2.36. The maximum Gasteiger partial charge on any atom is 0.327 e. The summed E-state index contributed by atoms with van der Waals surface area (Å²) in [7, 11) is -3.55. The van der Waals surface area contributed by atoms with Gasteiger partial charge in [0, 0.05) is 0 Å². The number of nitrogens with zero attached hydrogens (tertiary/aromatic N) is 1. The van der Waals surface area contributed by atoms with Gasteiger partial charge in [-0.1, -0.05) is 6.07 Å². The second-order valence-electron chi connectivity index (χ2n) is 5.08. The Kier molecular flexibility index (Phi) is 5.16. The predicted molar refractivity (Wildman–Crippen MR) is 79.3 cm³/mol. The molecule has 0 aromatic heterocycles. The molecular weight excluding hydrogens is 278 g/mol. The highest BCUT2D eigenvalue weighted by Crippen LogP contribution is 2.21. The summed E-state index contributed by atoms with van der Waals surface area (Å²) in [5.74, 6) is -0.566. The fourth-order valence-electron chi connectivity index (χ4n) is 1.70. The molecule has 0 bridgehead atoms. The molecule has 0 atom stereocenters. The van der Waals surface area contributed by atoms with Crippen LogP contribution in [0.15, 0.2) is 18.2 Å². The Morgan fingerprint density at radius 3 is 2.30 bits per heavy atom. The van der Waals surface area contributed by atoms with Crippen molar-refractivity contribution >= 4 is 21.7 Å². The first-order valence-corrected chi connectivity index (χ1v) is 8.20. The lowest BCUT2D eigenvalue weighted by atomic mass is 10.1. The van der Waals surface area contributed by atoms with Crippen molar-refractivity contribution < 1.29 is 17.9 Å². The van der Waals surface area contributed by atoms with E-state index >= 15 is 0 Å². The molecule has 0 spiro atoms. The summed E-state index contributed by atoms with van der Waals surface area (Å²) in [5.41, 5.74) is 2.50. The van der Waals surface area contributed by atoms with Gasteiger partial charge in [0.1, 0.15) is 6.54 Å². The molecule has 0 fully saturated rings. The Labute approximate surface area is 120 Å². The number of sulfonamides is 1.